The van der Waals surface area contributed by atoms with Gasteiger partial charge >= 0.3 is 5.97 Å². The van der Waals surface area contributed by atoms with Crippen LogP contribution in [0.2, 0.25) is 0 Å². The van der Waals surface area contributed by atoms with Crippen molar-refractivity contribution >= 4 is 5.97 Å². The van der Waals surface area contributed by atoms with Crippen LogP contribution in [-0.2, 0) is 9.53 Å². The van der Waals surface area contributed by atoms with Crippen molar-refractivity contribution in [2.24, 2.45) is 5.92 Å². The van der Waals surface area contributed by atoms with E-state index in [-0.39, 0.29) is 5.97 Å². The van der Waals surface area contributed by atoms with Crippen LogP contribution in [0.1, 0.15) is 136 Å². The molecular formula is C24H48O2. The molecular weight excluding hydrogens is 320 g/mol. The normalized spacial score (nSPS) is 12.3. The molecule has 26 heavy (non-hydrogen) atoms. The number of ether oxygens (including phenoxy) is 1. The Kier molecular flexibility index (Phi) is 20.4. The Labute approximate surface area is 164 Å². The average molecular weight is 369 g/mol. The molecule has 0 aromatic heterocycles. The minimum Gasteiger partial charge on any atom is -0.469 e. The van der Waals surface area contributed by atoms with Crippen molar-refractivity contribution in [3.63, 3.8) is 0 Å². The highest BCUT2D eigenvalue weighted by Crippen LogP contribution is 2.16. The maximum Gasteiger partial charge on any atom is 0.305 e. The van der Waals surface area contributed by atoms with Gasteiger partial charge in [-0.1, -0.05) is 123 Å². The standard InChI is InChI=1S/C24H48O2/c1-4-23(2)21-19-17-15-13-11-9-7-5-6-8-10-12-14-16-18-20-22-24(25)26-3/h23H,4-22H2,1-3H3. The smallest absolute Gasteiger partial charge is 0.305 e. The highest BCUT2D eigenvalue weighted by atomic mass is 16.5. The number of esters is 1. The number of rotatable bonds is 20. The number of hydrogen-bond acceptors (Lipinski definition) is 2. The predicted octanol–water partition coefficient (Wildman–Crippen LogP) is 8.23. The highest BCUT2D eigenvalue weighted by molar-refractivity contribution is 5.68. The van der Waals surface area contributed by atoms with Crippen LogP contribution in [0.3, 0.4) is 0 Å². The Morgan fingerprint density at radius 2 is 1.00 bits per heavy atom. The Morgan fingerprint density at radius 1 is 0.654 bits per heavy atom. The van der Waals surface area contributed by atoms with E-state index in [1.807, 2.05) is 0 Å². The van der Waals surface area contributed by atoms with Gasteiger partial charge in [-0.05, 0) is 12.3 Å². The van der Waals surface area contributed by atoms with Crippen LogP contribution in [0.4, 0.5) is 0 Å². The van der Waals surface area contributed by atoms with Gasteiger partial charge in [0.25, 0.3) is 0 Å². The number of carbonyl (C=O) groups excluding carboxylic acids is 1. The molecule has 0 radical (unpaired) electrons. The predicted molar refractivity (Wildman–Crippen MR) is 115 cm³/mol. The molecule has 0 aliphatic heterocycles. The molecule has 0 amide bonds. The first kappa shape index (κ1) is 25.5. The zero-order chi connectivity index (χ0) is 19.3. The summed E-state index contributed by atoms with van der Waals surface area (Å²) in [5.41, 5.74) is 0. The van der Waals surface area contributed by atoms with Crippen molar-refractivity contribution in [1.29, 1.82) is 0 Å². The van der Waals surface area contributed by atoms with Crippen molar-refractivity contribution < 1.29 is 9.53 Å². The molecule has 0 rings (SSSR count). The van der Waals surface area contributed by atoms with E-state index in [1.165, 1.54) is 116 Å². The summed E-state index contributed by atoms with van der Waals surface area (Å²) in [7, 11) is 1.47. The summed E-state index contributed by atoms with van der Waals surface area (Å²) in [6.45, 7) is 4.69. The summed E-state index contributed by atoms with van der Waals surface area (Å²) >= 11 is 0. The third kappa shape index (κ3) is 19.8. The molecule has 0 saturated carbocycles. The second kappa shape index (κ2) is 20.8. The minimum absolute atomic E-state index is 0.0633. The fraction of sp³-hybridized carbons (Fsp3) is 0.958. The van der Waals surface area contributed by atoms with Gasteiger partial charge in [0.1, 0.15) is 0 Å². The lowest BCUT2D eigenvalue weighted by molar-refractivity contribution is -0.140. The molecule has 1 atom stereocenters. The van der Waals surface area contributed by atoms with E-state index in [9.17, 15) is 4.79 Å². The molecule has 0 bridgehead atoms. The maximum atomic E-state index is 11.0. The third-order valence-corrected chi connectivity index (χ3v) is 5.75. The number of methoxy groups -OCH3 is 1. The molecule has 0 N–H and O–H groups in total. The zero-order valence-electron chi connectivity index (χ0n) is 18.3. The van der Waals surface area contributed by atoms with Gasteiger partial charge in [-0.15, -0.1) is 0 Å². The first-order valence-electron chi connectivity index (χ1n) is 11.8. The molecule has 0 heterocycles. The number of hydrogen-bond donors (Lipinski definition) is 0. The van der Waals surface area contributed by atoms with Gasteiger partial charge in [0.15, 0.2) is 0 Å². The van der Waals surface area contributed by atoms with Gasteiger partial charge < -0.3 is 4.74 Å². The van der Waals surface area contributed by atoms with Crippen LogP contribution < -0.4 is 0 Å². The van der Waals surface area contributed by atoms with Gasteiger partial charge in [-0.2, -0.15) is 0 Å². The van der Waals surface area contributed by atoms with Crippen molar-refractivity contribution in [3.8, 4) is 0 Å². The Balaban J connectivity index is 3.04. The van der Waals surface area contributed by atoms with Gasteiger partial charge in [-0.3, -0.25) is 4.79 Å². The van der Waals surface area contributed by atoms with E-state index in [1.54, 1.807) is 0 Å². The van der Waals surface area contributed by atoms with Crippen LogP contribution in [-0.4, -0.2) is 13.1 Å². The van der Waals surface area contributed by atoms with Crippen molar-refractivity contribution in [2.75, 3.05) is 7.11 Å². The Hall–Kier alpha value is -0.530. The van der Waals surface area contributed by atoms with Gasteiger partial charge in [-0.25, -0.2) is 0 Å². The summed E-state index contributed by atoms with van der Waals surface area (Å²) in [6, 6.07) is 0. The minimum atomic E-state index is -0.0633. The lowest BCUT2D eigenvalue weighted by atomic mass is 9.99. The summed E-state index contributed by atoms with van der Waals surface area (Å²) in [5.74, 6) is 0.869. The molecule has 0 saturated heterocycles. The monoisotopic (exact) mass is 368 g/mol. The first-order valence-corrected chi connectivity index (χ1v) is 11.8. The highest BCUT2D eigenvalue weighted by Gasteiger charge is 2.00. The summed E-state index contributed by atoms with van der Waals surface area (Å²) in [4.78, 5) is 11.0. The molecule has 0 aromatic carbocycles. The summed E-state index contributed by atoms with van der Waals surface area (Å²) in [5, 5.41) is 0. The first-order chi connectivity index (χ1) is 12.7. The summed E-state index contributed by atoms with van der Waals surface area (Å²) < 4.78 is 4.65. The fourth-order valence-electron chi connectivity index (χ4n) is 3.54. The Morgan fingerprint density at radius 3 is 1.35 bits per heavy atom. The SMILES string of the molecule is CCC(C)CCCCCCCCCCCCCCCCCCC(=O)OC. The molecule has 156 valence electrons. The van der Waals surface area contributed by atoms with E-state index >= 15 is 0 Å². The molecule has 0 spiro atoms. The van der Waals surface area contributed by atoms with Crippen molar-refractivity contribution in [3.05, 3.63) is 0 Å². The van der Waals surface area contributed by atoms with E-state index in [2.05, 4.69) is 18.6 Å². The molecule has 2 heteroatoms. The van der Waals surface area contributed by atoms with Gasteiger partial charge in [0, 0.05) is 6.42 Å². The molecule has 0 aliphatic rings. The molecule has 0 fully saturated rings. The zero-order valence-corrected chi connectivity index (χ0v) is 18.3. The van der Waals surface area contributed by atoms with Crippen LogP contribution >= 0.6 is 0 Å². The van der Waals surface area contributed by atoms with Gasteiger partial charge in [0.05, 0.1) is 7.11 Å². The number of carbonyl (C=O) groups is 1. The van der Waals surface area contributed by atoms with Crippen molar-refractivity contribution in [2.45, 2.75) is 136 Å². The van der Waals surface area contributed by atoms with Crippen LogP contribution in [0.15, 0.2) is 0 Å². The average Bonchev–Trinajstić information content (AvgIpc) is 2.66. The van der Waals surface area contributed by atoms with Crippen molar-refractivity contribution in [1.82, 2.24) is 0 Å². The molecule has 0 aliphatic carbocycles. The number of unbranched alkanes of at least 4 members (excludes halogenated alkanes) is 15. The van der Waals surface area contributed by atoms with Crippen LogP contribution in [0.25, 0.3) is 0 Å². The van der Waals surface area contributed by atoms with E-state index in [4.69, 9.17) is 0 Å². The lowest BCUT2D eigenvalue weighted by Crippen LogP contribution is -1.99. The van der Waals surface area contributed by atoms with Crippen LogP contribution in [0.5, 0.6) is 0 Å². The van der Waals surface area contributed by atoms with Gasteiger partial charge in [0.2, 0.25) is 0 Å². The van der Waals surface area contributed by atoms with E-state index in [0.717, 1.165) is 12.3 Å². The van der Waals surface area contributed by atoms with E-state index < -0.39 is 0 Å². The molecule has 2 nitrogen and oxygen atoms in total. The molecule has 0 aromatic rings. The maximum absolute atomic E-state index is 11.0. The lowest BCUT2D eigenvalue weighted by Gasteiger charge is -2.07. The topological polar surface area (TPSA) is 26.3 Å². The molecule has 1 unspecified atom stereocenters. The third-order valence-electron chi connectivity index (χ3n) is 5.75. The Bertz CT molecular complexity index is 288. The fourth-order valence-corrected chi connectivity index (χ4v) is 3.54. The second-order valence-electron chi connectivity index (χ2n) is 8.29. The summed E-state index contributed by atoms with van der Waals surface area (Å²) in [6.07, 6.45) is 25.3. The quantitative estimate of drug-likeness (QED) is 0.160. The van der Waals surface area contributed by atoms with Crippen LogP contribution in [0, 0.1) is 5.92 Å². The largest absolute Gasteiger partial charge is 0.469 e. The second-order valence-corrected chi connectivity index (χ2v) is 8.29. The van der Waals surface area contributed by atoms with E-state index in [0.29, 0.717) is 6.42 Å².